The van der Waals surface area contributed by atoms with Crippen LogP contribution in [0, 0.1) is 0 Å². The molecule has 4 heteroatoms. The third-order valence-corrected chi connectivity index (χ3v) is 3.02. The van der Waals surface area contributed by atoms with Gasteiger partial charge in [0.2, 0.25) is 0 Å². The summed E-state index contributed by atoms with van der Waals surface area (Å²) in [5, 5.41) is 3.38. The summed E-state index contributed by atoms with van der Waals surface area (Å²) in [4.78, 5) is 21.2. The number of methoxy groups -OCH3 is 1. The monoisotopic (exact) mass is 251 g/mol. The van der Waals surface area contributed by atoms with Crippen LogP contribution in [0.5, 0.6) is 0 Å². The molecular weight excluding hydrogens is 230 g/mol. The fraction of sp³-hybridized carbons (Fsp3) is 0.571. The van der Waals surface area contributed by atoms with Crippen LogP contribution in [0.3, 0.4) is 0 Å². The van der Waals surface area contributed by atoms with Crippen molar-refractivity contribution in [3.63, 3.8) is 0 Å². The molecule has 0 aromatic rings. The van der Waals surface area contributed by atoms with Gasteiger partial charge in [-0.15, -0.1) is 0 Å². The van der Waals surface area contributed by atoms with Gasteiger partial charge in [-0.2, -0.15) is 0 Å². The van der Waals surface area contributed by atoms with Gasteiger partial charge < -0.3 is 10.1 Å². The molecule has 0 aromatic heterocycles. The number of allylic oxidation sites excluding steroid dienone is 3. The first-order chi connectivity index (χ1) is 8.76. The highest BCUT2D eigenvalue weighted by Crippen LogP contribution is 2.19. The predicted octanol–water partition coefficient (Wildman–Crippen LogP) is 2.11. The van der Waals surface area contributed by atoms with E-state index in [1.54, 1.807) is 6.08 Å². The molecule has 1 aliphatic rings. The number of rotatable bonds is 6. The van der Waals surface area contributed by atoms with Gasteiger partial charge in [0.05, 0.1) is 7.11 Å². The van der Waals surface area contributed by atoms with Gasteiger partial charge in [0.15, 0.2) is 0 Å². The van der Waals surface area contributed by atoms with Gasteiger partial charge in [-0.1, -0.05) is 6.08 Å². The van der Waals surface area contributed by atoms with E-state index in [1.165, 1.54) is 13.2 Å². The SMILES string of the molecule is COC(=O)/C=C1/CCCC(CCC/C=C\C=O)N1. The fourth-order valence-electron chi connectivity index (χ4n) is 2.11. The summed E-state index contributed by atoms with van der Waals surface area (Å²) in [5.74, 6) is -0.299. The molecule has 1 atom stereocenters. The normalized spacial score (nSPS) is 21.8. The minimum absolute atomic E-state index is 0.299. The Kier molecular flexibility index (Phi) is 6.84. The summed E-state index contributed by atoms with van der Waals surface area (Å²) in [6.07, 6.45) is 12.0. The number of unbranched alkanes of at least 4 members (excludes halogenated alkanes) is 1. The minimum atomic E-state index is -0.299. The Bertz CT molecular complexity index is 334. The Labute approximate surface area is 108 Å². The lowest BCUT2D eigenvalue weighted by Crippen LogP contribution is -2.32. The highest BCUT2D eigenvalue weighted by molar-refractivity contribution is 5.82. The van der Waals surface area contributed by atoms with E-state index in [-0.39, 0.29) is 5.97 Å². The van der Waals surface area contributed by atoms with Gasteiger partial charge >= 0.3 is 5.97 Å². The van der Waals surface area contributed by atoms with Gasteiger partial charge in [0, 0.05) is 17.8 Å². The topological polar surface area (TPSA) is 55.4 Å². The maximum absolute atomic E-state index is 11.1. The van der Waals surface area contributed by atoms with Crippen LogP contribution in [0.1, 0.15) is 38.5 Å². The zero-order chi connectivity index (χ0) is 13.2. The number of hydrogen-bond donors (Lipinski definition) is 1. The molecule has 1 saturated heterocycles. The van der Waals surface area contributed by atoms with Gasteiger partial charge in [0.25, 0.3) is 0 Å². The zero-order valence-corrected chi connectivity index (χ0v) is 10.9. The molecule has 100 valence electrons. The molecular formula is C14H21NO3. The number of carbonyl (C=O) groups excluding carboxylic acids is 2. The summed E-state index contributed by atoms with van der Waals surface area (Å²) in [5.41, 5.74) is 0.974. The van der Waals surface area contributed by atoms with E-state index in [9.17, 15) is 9.59 Å². The van der Waals surface area contributed by atoms with Crippen LogP contribution in [0.2, 0.25) is 0 Å². The van der Waals surface area contributed by atoms with E-state index in [2.05, 4.69) is 10.1 Å². The van der Waals surface area contributed by atoms with Crippen molar-refractivity contribution in [2.45, 2.75) is 44.6 Å². The third-order valence-electron chi connectivity index (χ3n) is 3.02. The van der Waals surface area contributed by atoms with Gasteiger partial charge in [-0.25, -0.2) is 4.79 Å². The standard InChI is InChI=1S/C14H21NO3/c1-18-14(17)11-13-9-6-8-12(15-13)7-4-2-3-5-10-16/h3,5,10-12,15H,2,4,6-9H2,1H3/b5-3-,13-11-. The quantitative estimate of drug-likeness (QED) is 0.340. The molecule has 0 aromatic carbocycles. The average molecular weight is 251 g/mol. The Morgan fingerprint density at radius 2 is 2.39 bits per heavy atom. The van der Waals surface area contributed by atoms with Crippen molar-refractivity contribution < 1.29 is 14.3 Å². The molecule has 0 aliphatic carbocycles. The van der Waals surface area contributed by atoms with E-state index in [0.717, 1.165) is 50.5 Å². The van der Waals surface area contributed by atoms with Gasteiger partial charge in [-0.3, -0.25) is 4.79 Å². The van der Waals surface area contributed by atoms with Gasteiger partial charge in [-0.05, 0) is 44.6 Å². The van der Waals surface area contributed by atoms with Crippen molar-refractivity contribution in [3.8, 4) is 0 Å². The lowest BCUT2D eigenvalue weighted by atomic mass is 9.97. The van der Waals surface area contributed by atoms with Crippen LogP contribution in [-0.2, 0) is 14.3 Å². The summed E-state index contributed by atoms with van der Waals surface area (Å²) in [6.45, 7) is 0. The second-order valence-electron chi connectivity index (χ2n) is 4.42. The number of piperidine rings is 1. The van der Waals surface area contributed by atoms with E-state index in [0.29, 0.717) is 6.04 Å². The summed E-state index contributed by atoms with van der Waals surface area (Å²) < 4.78 is 4.62. The lowest BCUT2D eigenvalue weighted by Gasteiger charge is -2.26. The minimum Gasteiger partial charge on any atom is -0.466 e. The van der Waals surface area contributed by atoms with Crippen molar-refractivity contribution in [2.24, 2.45) is 0 Å². The molecule has 1 fully saturated rings. The molecule has 18 heavy (non-hydrogen) atoms. The fourth-order valence-corrected chi connectivity index (χ4v) is 2.11. The predicted molar refractivity (Wildman–Crippen MR) is 69.9 cm³/mol. The van der Waals surface area contributed by atoms with Crippen LogP contribution in [0.4, 0.5) is 0 Å². The number of aldehydes is 1. The number of hydrogen-bond acceptors (Lipinski definition) is 4. The highest BCUT2D eigenvalue weighted by Gasteiger charge is 2.16. The Morgan fingerprint density at radius 3 is 3.11 bits per heavy atom. The summed E-state index contributed by atoms with van der Waals surface area (Å²) >= 11 is 0. The molecule has 1 rings (SSSR count). The molecule has 1 aliphatic heterocycles. The van der Waals surface area contributed by atoms with Gasteiger partial charge in [0.1, 0.15) is 6.29 Å². The molecule has 0 bridgehead atoms. The highest BCUT2D eigenvalue weighted by atomic mass is 16.5. The molecule has 1 N–H and O–H groups in total. The molecule has 0 saturated carbocycles. The molecule has 0 spiro atoms. The molecule has 0 radical (unpaired) electrons. The van der Waals surface area contributed by atoms with Crippen molar-refractivity contribution >= 4 is 12.3 Å². The van der Waals surface area contributed by atoms with E-state index >= 15 is 0 Å². The van der Waals surface area contributed by atoms with Crippen LogP contribution in [0.15, 0.2) is 23.9 Å². The first-order valence-electron chi connectivity index (χ1n) is 6.41. The number of ether oxygens (including phenoxy) is 1. The second-order valence-corrected chi connectivity index (χ2v) is 4.42. The smallest absolute Gasteiger partial charge is 0.332 e. The molecule has 0 amide bonds. The van der Waals surface area contributed by atoms with E-state index in [4.69, 9.17) is 0 Å². The maximum atomic E-state index is 11.1. The van der Waals surface area contributed by atoms with Crippen LogP contribution in [0.25, 0.3) is 0 Å². The molecule has 4 nitrogen and oxygen atoms in total. The average Bonchev–Trinajstić information content (AvgIpc) is 2.39. The van der Waals surface area contributed by atoms with Crippen molar-refractivity contribution in [2.75, 3.05) is 7.11 Å². The van der Waals surface area contributed by atoms with Crippen LogP contribution >= 0.6 is 0 Å². The Morgan fingerprint density at radius 1 is 1.56 bits per heavy atom. The summed E-state index contributed by atoms with van der Waals surface area (Å²) in [6, 6.07) is 0.430. The second kappa shape index (κ2) is 8.50. The largest absolute Gasteiger partial charge is 0.466 e. The first-order valence-corrected chi connectivity index (χ1v) is 6.41. The number of esters is 1. The van der Waals surface area contributed by atoms with Crippen molar-refractivity contribution in [1.82, 2.24) is 5.32 Å². The molecule has 1 heterocycles. The van der Waals surface area contributed by atoms with Crippen molar-refractivity contribution in [1.29, 1.82) is 0 Å². The third kappa shape index (κ3) is 5.66. The number of nitrogens with one attached hydrogen (secondary N) is 1. The van der Waals surface area contributed by atoms with E-state index < -0.39 is 0 Å². The molecule has 1 unspecified atom stereocenters. The zero-order valence-electron chi connectivity index (χ0n) is 10.9. The van der Waals surface area contributed by atoms with Crippen LogP contribution in [-0.4, -0.2) is 25.4 Å². The van der Waals surface area contributed by atoms with E-state index in [1.807, 2.05) is 6.08 Å². The number of carbonyl (C=O) groups is 2. The van der Waals surface area contributed by atoms with Crippen LogP contribution < -0.4 is 5.32 Å². The Balaban J connectivity index is 2.30. The Hall–Kier alpha value is -1.58. The first kappa shape index (κ1) is 14.5. The van der Waals surface area contributed by atoms with Crippen molar-refractivity contribution in [3.05, 3.63) is 23.9 Å². The summed E-state index contributed by atoms with van der Waals surface area (Å²) in [7, 11) is 1.39. The maximum Gasteiger partial charge on any atom is 0.332 e. The lowest BCUT2D eigenvalue weighted by molar-refractivity contribution is -0.134.